The third-order valence-corrected chi connectivity index (χ3v) is 2.52. The minimum atomic E-state index is -0.598. The average Bonchev–Trinajstić information content (AvgIpc) is 2.28. The number of ether oxygens (including phenoxy) is 2. The highest BCUT2D eigenvalue weighted by atomic mass is 16.6. The van der Waals surface area contributed by atoms with Crippen LogP contribution in [0.5, 0.6) is 0 Å². The standard InChI is InChI=1S/C16H32N2O5/c1-12(19)8-10-18(14(21)23-16(5,6)7)11-9-17-13(20)22-15(2,3)4/h12,19H,8-11H2,1-7H3,(H,17,20). The molecule has 0 aliphatic heterocycles. The van der Waals surface area contributed by atoms with Crippen LogP contribution in [0.1, 0.15) is 54.9 Å². The van der Waals surface area contributed by atoms with Crippen molar-refractivity contribution in [2.24, 2.45) is 0 Å². The second-order valence-corrected chi connectivity index (χ2v) is 7.53. The molecule has 2 N–H and O–H groups in total. The quantitative estimate of drug-likeness (QED) is 0.780. The third-order valence-electron chi connectivity index (χ3n) is 2.52. The van der Waals surface area contributed by atoms with E-state index in [0.29, 0.717) is 13.0 Å². The molecule has 0 aromatic carbocycles. The number of nitrogens with one attached hydrogen (secondary N) is 1. The molecule has 0 rings (SSSR count). The number of hydrogen-bond acceptors (Lipinski definition) is 5. The van der Waals surface area contributed by atoms with E-state index in [1.54, 1.807) is 48.5 Å². The van der Waals surface area contributed by atoms with E-state index in [2.05, 4.69) is 5.32 Å². The second kappa shape index (κ2) is 8.96. The molecule has 0 saturated carbocycles. The fourth-order valence-electron chi connectivity index (χ4n) is 1.57. The van der Waals surface area contributed by atoms with Crippen LogP contribution in [0.25, 0.3) is 0 Å². The number of nitrogens with zero attached hydrogens (tertiary/aromatic N) is 1. The Balaban J connectivity index is 4.47. The number of aliphatic hydroxyl groups excluding tert-OH is 1. The van der Waals surface area contributed by atoms with Gasteiger partial charge in [-0.05, 0) is 54.9 Å². The summed E-state index contributed by atoms with van der Waals surface area (Å²) in [4.78, 5) is 25.2. The number of aliphatic hydroxyl groups is 1. The molecule has 0 heterocycles. The SMILES string of the molecule is CC(O)CCN(CCNC(=O)OC(C)(C)C)C(=O)OC(C)(C)C. The predicted molar refractivity (Wildman–Crippen MR) is 88.3 cm³/mol. The number of amides is 2. The fraction of sp³-hybridized carbons (Fsp3) is 0.875. The van der Waals surface area contributed by atoms with E-state index < -0.39 is 29.5 Å². The van der Waals surface area contributed by atoms with Crippen molar-refractivity contribution in [2.75, 3.05) is 19.6 Å². The molecular formula is C16H32N2O5. The van der Waals surface area contributed by atoms with Crippen molar-refractivity contribution in [3.05, 3.63) is 0 Å². The number of carbonyl (C=O) groups is 2. The van der Waals surface area contributed by atoms with Crippen LogP contribution in [0, 0.1) is 0 Å². The highest BCUT2D eigenvalue weighted by Gasteiger charge is 2.22. The first-order valence-electron chi connectivity index (χ1n) is 7.93. The summed E-state index contributed by atoms with van der Waals surface area (Å²) in [6, 6.07) is 0. The van der Waals surface area contributed by atoms with E-state index in [4.69, 9.17) is 9.47 Å². The lowest BCUT2D eigenvalue weighted by molar-refractivity contribution is 0.0217. The van der Waals surface area contributed by atoms with E-state index >= 15 is 0 Å². The van der Waals surface area contributed by atoms with Crippen LogP contribution >= 0.6 is 0 Å². The van der Waals surface area contributed by atoms with Gasteiger partial charge in [-0.15, -0.1) is 0 Å². The van der Waals surface area contributed by atoms with Gasteiger partial charge in [0.25, 0.3) is 0 Å². The summed E-state index contributed by atoms with van der Waals surface area (Å²) >= 11 is 0. The molecular weight excluding hydrogens is 300 g/mol. The Morgan fingerprint density at radius 1 is 1.04 bits per heavy atom. The lowest BCUT2D eigenvalue weighted by Crippen LogP contribution is -2.43. The summed E-state index contributed by atoms with van der Waals surface area (Å²) in [5, 5.41) is 12.0. The molecule has 7 nitrogen and oxygen atoms in total. The molecule has 0 bridgehead atoms. The Morgan fingerprint density at radius 2 is 1.57 bits per heavy atom. The second-order valence-electron chi connectivity index (χ2n) is 7.53. The molecule has 0 radical (unpaired) electrons. The lowest BCUT2D eigenvalue weighted by atomic mass is 10.2. The van der Waals surface area contributed by atoms with Crippen molar-refractivity contribution in [3.8, 4) is 0 Å². The van der Waals surface area contributed by atoms with Crippen molar-refractivity contribution in [1.82, 2.24) is 10.2 Å². The molecule has 23 heavy (non-hydrogen) atoms. The Morgan fingerprint density at radius 3 is 2.00 bits per heavy atom. The lowest BCUT2D eigenvalue weighted by Gasteiger charge is -2.28. The van der Waals surface area contributed by atoms with E-state index in [-0.39, 0.29) is 13.1 Å². The number of hydrogen-bond donors (Lipinski definition) is 2. The van der Waals surface area contributed by atoms with Gasteiger partial charge in [-0.2, -0.15) is 0 Å². The van der Waals surface area contributed by atoms with Gasteiger partial charge in [-0.25, -0.2) is 9.59 Å². The molecule has 1 unspecified atom stereocenters. The molecule has 0 saturated heterocycles. The zero-order chi connectivity index (χ0) is 18.3. The molecule has 0 aromatic rings. The summed E-state index contributed by atoms with van der Waals surface area (Å²) in [6.45, 7) is 13.2. The smallest absolute Gasteiger partial charge is 0.410 e. The van der Waals surface area contributed by atoms with E-state index in [1.165, 1.54) is 4.90 Å². The molecule has 0 aliphatic carbocycles. The van der Waals surface area contributed by atoms with Crippen LogP contribution in [-0.2, 0) is 9.47 Å². The first-order valence-corrected chi connectivity index (χ1v) is 7.93. The molecule has 2 amide bonds. The molecule has 0 fully saturated rings. The Hall–Kier alpha value is -1.50. The molecule has 0 aliphatic rings. The Bertz CT molecular complexity index is 383. The molecule has 7 heteroatoms. The summed E-state index contributed by atoms with van der Waals surface area (Å²) in [5.41, 5.74) is -1.17. The highest BCUT2D eigenvalue weighted by Crippen LogP contribution is 2.11. The van der Waals surface area contributed by atoms with Crippen molar-refractivity contribution in [2.45, 2.75) is 72.2 Å². The van der Waals surface area contributed by atoms with Gasteiger partial charge in [-0.1, -0.05) is 0 Å². The van der Waals surface area contributed by atoms with Crippen LogP contribution in [0.4, 0.5) is 9.59 Å². The van der Waals surface area contributed by atoms with Crippen molar-refractivity contribution in [1.29, 1.82) is 0 Å². The zero-order valence-corrected chi connectivity index (χ0v) is 15.4. The van der Waals surface area contributed by atoms with Crippen LogP contribution in [0.3, 0.4) is 0 Å². The van der Waals surface area contributed by atoms with E-state index in [0.717, 1.165) is 0 Å². The zero-order valence-electron chi connectivity index (χ0n) is 15.4. The highest BCUT2D eigenvalue weighted by molar-refractivity contribution is 5.69. The topological polar surface area (TPSA) is 88.1 Å². The van der Waals surface area contributed by atoms with E-state index in [1.807, 2.05) is 0 Å². The van der Waals surface area contributed by atoms with Gasteiger partial charge in [0.15, 0.2) is 0 Å². The Kier molecular flexibility index (Phi) is 8.37. The van der Waals surface area contributed by atoms with Gasteiger partial charge < -0.3 is 24.8 Å². The maximum Gasteiger partial charge on any atom is 0.410 e. The van der Waals surface area contributed by atoms with E-state index in [9.17, 15) is 14.7 Å². The molecule has 0 spiro atoms. The number of carbonyl (C=O) groups excluding carboxylic acids is 2. The summed E-state index contributed by atoms with van der Waals surface area (Å²) in [7, 11) is 0. The number of alkyl carbamates (subject to hydrolysis) is 1. The first kappa shape index (κ1) is 21.5. The third kappa shape index (κ3) is 12.7. The summed E-state index contributed by atoms with van der Waals surface area (Å²) in [5.74, 6) is 0. The van der Waals surface area contributed by atoms with Gasteiger partial charge in [0.05, 0.1) is 6.10 Å². The van der Waals surface area contributed by atoms with Gasteiger partial charge >= 0.3 is 12.2 Å². The summed E-state index contributed by atoms with van der Waals surface area (Å²) in [6.07, 6.45) is -1.08. The minimum absolute atomic E-state index is 0.244. The van der Waals surface area contributed by atoms with Crippen LogP contribution < -0.4 is 5.32 Å². The first-order chi connectivity index (χ1) is 10.3. The normalized spacial score (nSPS) is 13.2. The van der Waals surface area contributed by atoms with Gasteiger partial charge in [0.2, 0.25) is 0 Å². The minimum Gasteiger partial charge on any atom is -0.444 e. The summed E-state index contributed by atoms with van der Waals surface area (Å²) < 4.78 is 10.5. The maximum absolute atomic E-state index is 12.2. The predicted octanol–water partition coefficient (Wildman–Crippen LogP) is 2.52. The van der Waals surface area contributed by atoms with Crippen molar-refractivity contribution < 1.29 is 24.2 Å². The van der Waals surface area contributed by atoms with Crippen LogP contribution in [0.15, 0.2) is 0 Å². The van der Waals surface area contributed by atoms with Crippen molar-refractivity contribution >= 4 is 12.2 Å². The largest absolute Gasteiger partial charge is 0.444 e. The van der Waals surface area contributed by atoms with Crippen LogP contribution in [0.2, 0.25) is 0 Å². The van der Waals surface area contributed by atoms with Crippen LogP contribution in [-0.4, -0.2) is 59.1 Å². The fourth-order valence-corrected chi connectivity index (χ4v) is 1.57. The Labute approximate surface area is 139 Å². The van der Waals surface area contributed by atoms with Gasteiger partial charge in [0, 0.05) is 19.6 Å². The molecule has 1 atom stereocenters. The molecule has 136 valence electrons. The van der Waals surface area contributed by atoms with Gasteiger partial charge in [-0.3, -0.25) is 0 Å². The average molecular weight is 332 g/mol. The number of rotatable bonds is 6. The monoisotopic (exact) mass is 332 g/mol. The molecule has 0 aromatic heterocycles. The van der Waals surface area contributed by atoms with Gasteiger partial charge in [0.1, 0.15) is 11.2 Å². The maximum atomic E-state index is 12.2. The van der Waals surface area contributed by atoms with Crippen molar-refractivity contribution in [3.63, 3.8) is 0 Å².